The first-order chi connectivity index (χ1) is 8.63. The number of nitrogens with one attached hydrogen (secondary N) is 1. The van der Waals surface area contributed by atoms with Gasteiger partial charge < -0.3 is 10.0 Å². The van der Waals surface area contributed by atoms with Crippen molar-refractivity contribution in [3.8, 4) is 0 Å². The van der Waals surface area contributed by atoms with E-state index in [1.807, 2.05) is 13.8 Å². The van der Waals surface area contributed by atoms with Gasteiger partial charge in [-0.05, 0) is 19.3 Å². The van der Waals surface area contributed by atoms with Crippen molar-refractivity contribution in [1.29, 1.82) is 0 Å². The quantitative estimate of drug-likeness (QED) is 0.838. The first-order valence-corrected chi connectivity index (χ1v) is 6.47. The lowest BCUT2D eigenvalue weighted by atomic mass is 10.0. The Hall–Kier alpha value is -1.43. The molecular weight excluding hydrogens is 232 g/mol. The zero-order chi connectivity index (χ0) is 13.1. The Bertz CT molecular complexity index is 416. The van der Waals surface area contributed by atoms with E-state index in [0.29, 0.717) is 6.54 Å². The fourth-order valence-electron chi connectivity index (χ4n) is 2.21. The molecule has 2 rings (SSSR count). The molecule has 18 heavy (non-hydrogen) atoms. The molecule has 1 aliphatic heterocycles. The summed E-state index contributed by atoms with van der Waals surface area (Å²) in [7, 11) is 0. The maximum absolute atomic E-state index is 12.3. The molecule has 1 aromatic heterocycles. The Morgan fingerprint density at radius 2 is 2.33 bits per heavy atom. The molecule has 0 spiro atoms. The lowest BCUT2D eigenvalue weighted by Gasteiger charge is -2.33. The predicted molar refractivity (Wildman–Crippen MR) is 66.2 cm³/mol. The van der Waals surface area contributed by atoms with E-state index in [2.05, 4.69) is 15.2 Å². The minimum atomic E-state index is -0.183. The van der Waals surface area contributed by atoms with Gasteiger partial charge in [0.2, 0.25) is 5.82 Å². The van der Waals surface area contributed by atoms with Gasteiger partial charge in [-0.15, -0.1) is 5.10 Å². The molecule has 1 aromatic rings. The van der Waals surface area contributed by atoms with Crippen molar-refractivity contribution in [2.75, 3.05) is 13.2 Å². The van der Waals surface area contributed by atoms with Crippen molar-refractivity contribution in [3.05, 3.63) is 11.6 Å². The molecule has 6 heteroatoms. The molecule has 1 unspecified atom stereocenters. The molecule has 1 atom stereocenters. The Balaban J connectivity index is 2.13. The van der Waals surface area contributed by atoms with E-state index in [-0.39, 0.29) is 30.3 Å². The van der Waals surface area contributed by atoms with Gasteiger partial charge in [0.15, 0.2) is 0 Å². The highest BCUT2D eigenvalue weighted by Gasteiger charge is 2.29. The summed E-state index contributed by atoms with van der Waals surface area (Å²) in [6.45, 7) is 4.67. The number of likely N-dealkylation sites (tertiary alicyclic amines) is 1. The van der Waals surface area contributed by atoms with Crippen LogP contribution in [0.25, 0.3) is 0 Å². The molecule has 0 radical (unpaired) electrons. The Morgan fingerprint density at radius 1 is 1.56 bits per heavy atom. The first kappa shape index (κ1) is 13.0. The first-order valence-electron chi connectivity index (χ1n) is 6.47. The SMILES string of the molecule is CC(C)c1nc(C(=O)N2CCCCC2CO)n[nH]1. The minimum Gasteiger partial charge on any atom is -0.394 e. The average molecular weight is 252 g/mol. The number of carbonyl (C=O) groups is 1. The monoisotopic (exact) mass is 252 g/mol. The highest BCUT2D eigenvalue weighted by Crippen LogP contribution is 2.18. The van der Waals surface area contributed by atoms with Crippen LogP contribution in [0.1, 0.15) is 55.5 Å². The van der Waals surface area contributed by atoms with E-state index in [1.54, 1.807) is 4.90 Å². The molecule has 1 amide bonds. The molecule has 100 valence electrons. The number of hydrogen-bond acceptors (Lipinski definition) is 4. The molecule has 0 aliphatic carbocycles. The maximum Gasteiger partial charge on any atom is 0.293 e. The summed E-state index contributed by atoms with van der Waals surface area (Å²) in [5.41, 5.74) is 0. The van der Waals surface area contributed by atoms with Gasteiger partial charge in [-0.3, -0.25) is 9.89 Å². The van der Waals surface area contributed by atoms with Gasteiger partial charge in [-0.1, -0.05) is 13.8 Å². The third-order valence-electron chi connectivity index (χ3n) is 3.34. The van der Waals surface area contributed by atoms with Crippen LogP contribution in [-0.2, 0) is 0 Å². The number of aliphatic hydroxyl groups is 1. The van der Waals surface area contributed by atoms with Crippen LogP contribution in [0.4, 0.5) is 0 Å². The number of aromatic amines is 1. The second kappa shape index (κ2) is 5.48. The standard InChI is InChI=1S/C12H20N4O2/c1-8(2)10-13-11(15-14-10)12(18)16-6-4-3-5-9(16)7-17/h8-9,17H,3-7H2,1-2H3,(H,13,14,15). The predicted octanol–water partition coefficient (Wildman–Crippen LogP) is 0.915. The smallest absolute Gasteiger partial charge is 0.293 e. The van der Waals surface area contributed by atoms with Crippen LogP contribution < -0.4 is 0 Å². The second-order valence-electron chi connectivity index (χ2n) is 5.03. The van der Waals surface area contributed by atoms with Crippen LogP contribution in [0.15, 0.2) is 0 Å². The van der Waals surface area contributed by atoms with Crippen LogP contribution in [-0.4, -0.2) is 50.3 Å². The van der Waals surface area contributed by atoms with Gasteiger partial charge >= 0.3 is 0 Å². The molecule has 0 aromatic carbocycles. The van der Waals surface area contributed by atoms with Crippen molar-refractivity contribution in [2.24, 2.45) is 0 Å². The Morgan fingerprint density at radius 3 is 2.94 bits per heavy atom. The minimum absolute atomic E-state index is 0.00714. The summed E-state index contributed by atoms with van der Waals surface area (Å²) >= 11 is 0. The van der Waals surface area contributed by atoms with E-state index >= 15 is 0 Å². The van der Waals surface area contributed by atoms with Crippen LogP contribution in [0, 0.1) is 0 Å². The number of piperidine rings is 1. The number of nitrogens with zero attached hydrogens (tertiary/aromatic N) is 3. The third kappa shape index (κ3) is 2.53. The molecule has 2 N–H and O–H groups in total. The summed E-state index contributed by atoms with van der Waals surface area (Å²) < 4.78 is 0. The average Bonchev–Trinajstić information content (AvgIpc) is 2.87. The highest BCUT2D eigenvalue weighted by molar-refractivity contribution is 5.90. The summed E-state index contributed by atoms with van der Waals surface area (Å²) in [5.74, 6) is 0.959. The lowest BCUT2D eigenvalue weighted by Crippen LogP contribution is -2.46. The molecule has 2 heterocycles. The van der Waals surface area contributed by atoms with Gasteiger partial charge in [0, 0.05) is 12.5 Å². The number of amides is 1. The normalized spacial score (nSPS) is 20.4. The number of carbonyl (C=O) groups excluding carboxylic acids is 1. The molecule has 1 aliphatic rings. The fraction of sp³-hybridized carbons (Fsp3) is 0.750. The summed E-state index contributed by atoms with van der Waals surface area (Å²) in [6, 6.07) is -0.0905. The van der Waals surface area contributed by atoms with Crippen LogP contribution in [0.5, 0.6) is 0 Å². The maximum atomic E-state index is 12.3. The number of hydrogen-bond donors (Lipinski definition) is 2. The van der Waals surface area contributed by atoms with Crippen LogP contribution in [0.3, 0.4) is 0 Å². The summed E-state index contributed by atoms with van der Waals surface area (Å²) in [5, 5.41) is 16.1. The number of H-pyrrole nitrogens is 1. The van der Waals surface area contributed by atoms with Gasteiger partial charge in [0.25, 0.3) is 5.91 Å². The van der Waals surface area contributed by atoms with Crippen molar-refractivity contribution < 1.29 is 9.90 Å². The topological polar surface area (TPSA) is 82.1 Å². The van der Waals surface area contributed by atoms with E-state index in [0.717, 1.165) is 25.1 Å². The van der Waals surface area contributed by atoms with E-state index in [1.165, 1.54) is 0 Å². The Labute approximate surface area is 106 Å². The van der Waals surface area contributed by atoms with E-state index in [9.17, 15) is 9.90 Å². The summed E-state index contributed by atoms with van der Waals surface area (Å²) in [4.78, 5) is 18.2. The molecule has 0 saturated carbocycles. The molecule has 1 fully saturated rings. The lowest BCUT2D eigenvalue weighted by molar-refractivity contribution is 0.0491. The van der Waals surface area contributed by atoms with Gasteiger partial charge in [-0.2, -0.15) is 0 Å². The van der Waals surface area contributed by atoms with Crippen molar-refractivity contribution in [1.82, 2.24) is 20.1 Å². The molecule has 1 saturated heterocycles. The van der Waals surface area contributed by atoms with Crippen LogP contribution >= 0.6 is 0 Å². The van der Waals surface area contributed by atoms with E-state index < -0.39 is 0 Å². The zero-order valence-electron chi connectivity index (χ0n) is 10.9. The van der Waals surface area contributed by atoms with Crippen LogP contribution in [0.2, 0.25) is 0 Å². The Kier molecular flexibility index (Phi) is 3.96. The number of aliphatic hydroxyl groups excluding tert-OH is 1. The summed E-state index contributed by atoms with van der Waals surface area (Å²) in [6.07, 6.45) is 2.88. The second-order valence-corrected chi connectivity index (χ2v) is 5.03. The van der Waals surface area contributed by atoms with Gasteiger partial charge in [-0.25, -0.2) is 4.98 Å². The fourth-order valence-corrected chi connectivity index (χ4v) is 2.21. The molecule has 6 nitrogen and oxygen atoms in total. The van der Waals surface area contributed by atoms with Gasteiger partial charge in [0.1, 0.15) is 5.82 Å². The third-order valence-corrected chi connectivity index (χ3v) is 3.34. The van der Waals surface area contributed by atoms with Crippen molar-refractivity contribution in [2.45, 2.75) is 45.1 Å². The molecule has 0 bridgehead atoms. The van der Waals surface area contributed by atoms with E-state index in [4.69, 9.17) is 0 Å². The highest BCUT2D eigenvalue weighted by atomic mass is 16.3. The number of rotatable bonds is 3. The van der Waals surface area contributed by atoms with Crippen molar-refractivity contribution >= 4 is 5.91 Å². The molecular formula is C12H20N4O2. The van der Waals surface area contributed by atoms with Crippen molar-refractivity contribution in [3.63, 3.8) is 0 Å². The largest absolute Gasteiger partial charge is 0.394 e. The zero-order valence-corrected chi connectivity index (χ0v) is 10.9. The van der Waals surface area contributed by atoms with Gasteiger partial charge in [0.05, 0.1) is 12.6 Å². The number of aromatic nitrogens is 3.